The largest absolute Gasteiger partial charge is 0.310 e. The third-order valence-corrected chi connectivity index (χ3v) is 5.23. The maximum absolute atomic E-state index is 4.69. The molecule has 2 heterocycles. The number of imidazole rings is 1. The molecule has 0 radical (unpaired) electrons. The van der Waals surface area contributed by atoms with E-state index in [0.717, 1.165) is 28.1 Å². The first-order valence-electron chi connectivity index (χ1n) is 7.08. The lowest BCUT2D eigenvalue weighted by Crippen LogP contribution is -2.23. The van der Waals surface area contributed by atoms with Gasteiger partial charge in [0.15, 0.2) is 4.96 Å². The number of aryl methyl sites for hydroxylation is 1. The summed E-state index contributed by atoms with van der Waals surface area (Å²) in [4.78, 5) is 5.75. The average molecular weight is 364 g/mol. The topological polar surface area (TPSA) is 29.3 Å². The highest BCUT2D eigenvalue weighted by atomic mass is 79.9. The number of fused-ring (bicyclic) bond motifs is 1. The van der Waals surface area contributed by atoms with E-state index in [9.17, 15) is 0 Å². The van der Waals surface area contributed by atoms with Crippen molar-refractivity contribution in [1.29, 1.82) is 0 Å². The molecular weight excluding hydrogens is 346 g/mol. The third kappa shape index (κ3) is 3.20. The number of aromatic nitrogens is 2. The van der Waals surface area contributed by atoms with Crippen LogP contribution in [-0.4, -0.2) is 15.9 Å². The second-order valence-corrected chi connectivity index (χ2v) is 6.88. The fourth-order valence-electron chi connectivity index (χ4n) is 2.46. The predicted molar refractivity (Wildman–Crippen MR) is 92.1 cm³/mol. The second-order valence-electron chi connectivity index (χ2n) is 5.15. The molecule has 110 valence electrons. The van der Waals surface area contributed by atoms with Crippen molar-refractivity contribution < 1.29 is 0 Å². The molecule has 0 saturated heterocycles. The molecule has 1 N–H and O–H groups in total. The van der Waals surface area contributed by atoms with E-state index in [1.165, 1.54) is 11.1 Å². The summed E-state index contributed by atoms with van der Waals surface area (Å²) < 4.78 is 3.25. The Morgan fingerprint density at radius 2 is 2.29 bits per heavy atom. The Kier molecular flexibility index (Phi) is 4.42. The average Bonchev–Trinajstić information content (AvgIpc) is 3.02. The molecule has 21 heavy (non-hydrogen) atoms. The van der Waals surface area contributed by atoms with E-state index in [0.29, 0.717) is 0 Å². The molecule has 3 nitrogen and oxygen atoms in total. The number of benzene rings is 1. The van der Waals surface area contributed by atoms with Gasteiger partial charge in [-0.2, -0.15) is 0 Å². The lowest BCUT2D eigenvalue weighted by molar-refractivity contribution is 0.545. The second kappa shape index (κ2) is 6.30. The molecule has 0 fully saturated rings. The van der Waals surface area contributed by atoms with E-state index >= 15 is 0 Å². The van der Waals surface area contributed by atoms with Crippen LogP contribution in [0.2, 0.25) is 0 Å². The molecule has 0 bridgehead atoms. The van der Waals surface area contributed by atoms with Gasteiger partial charge in [-0.05, 0) is 30.7 Å². The SMILES string of the molecule is CCNC(Cc1cn2ccsc2n1)c1ccc(C)c(Br)c1. The quantitative estimate of drug-likeness (QED) is 0.729. The molecule has 1 atom stereocenters. The minimum absolute atomic E-state index is 0.288. The first-order chi connectivity index (χ1) is 10.2. The van der Waals surface area contributed by atoms with Crippen LogP contribution in [0, 0.1) is 6.92 Å². The van der Waals surface area contributed by atoms with Gasteiger partial charge in [0.2, 0.25) is 0 Å². The molecule has 0 amide bonds. The zero-order valence-corrected chi connectivity index (χ0v) is 14.5. The van der Waals surface area contributed by atoms with E-state index in [4.69, 9.17) is 4.98 Å². The Labute approximate surface area is 137 Å². The maximum atomic E-state index is 4.69. The molecule has 0 aliphatic rings. The Morgan fingerprint density at radius 3 is 3.00 bits per heavy atom. The molecule has 3 aromatic rings. The highest BCUT2D eigenvalue weighted by Crippen LogP contribution is 2.24. The highest BCUT2D eigenvalue weighted by molar-refractivity contribution is 9.10. The molecule has 0 aliphatic heterocycles. The fraction of sp³-hybridized carbons (Fsp3) is 0.312. The Hall–Kier alpha value is -1.17. The minimum atomic E-state index is 0.288. The zero-order valence-electron chi connectivity index (χ0n) is 12.1. The first kappa shape index (κ1) is 14.8. The van der Waals surface area contributed by atoms with Gasteiger partial charge in [-0.25, -0.2) is 4.98 Å². The Morgan fingerprint density at radius 1 is 1.43 bits per heavy atom. The van der Waals surface area contributed by atoms with Crippen molar-refractivity contribution in [2.24, 2.45) is 0 Å². The van der Waals surface area contributed by atoms with E-state index < -0.39 is 0 Å². The van der Waals surface area contributed by atoms with Gasteiger partial charge in [0, 0.05) is 34.7 Å². The lowest BCUT2D eigenvalue weighted by Gasteiger charge is -2.18. The smallest absolute Gasteiger partial charge is 0.193 e. The van der Waals surface area contributed by atoms with Crippen LogP contribution in [0.25, 0.3) is 4.96 Å². The molecule has 1 unspecified atom stereocenters. The van der Waals surface area contributed by atoms with Crippen molar-refractivity contribution in [1.82, 2.24) is 14.7 Å². The Balaban J connectivity index is 1.86. The van der Waals surface area contributed by atoms with Gasteiger partial charge in [-0.3, -0.25) is 4.40 Å². The number of thiazole rings is 1. The van der Waals surface area contributed by atoms with Crippen molar-refractivity contribution in [3.05, 3.63) is 57.3 Å². The van der Waals surface area contributed by atoms with Crippen LogP contribution in [0.4, 0.5) is 0 Å². The van der Waals surface area contributed by atoms with Crippen LogP contribution in [0.5, 0.6) is 0 Å². The van der Waals surface area contributed by atoms with Crippen molar-refractivity contribution >= 4 is 32.2 Å². The van der Waals surface area contributed by atoms with Gasteiger partial charge in [0.25, 0.3) is 0 Å². The van der Waals surface area contributed by atoms with Crippen LogP contribution in [0.15, 0.2) is 40.4 Å². The van der Waals surface area contributed by atoms with E-state index in [2.05, 4.69) is 75.5 Å². The summed E-state index contributed by atoms with van der Waals surface area (Å²) in [5.41, 5.74) is 3.69. The summed E-state index contributed by atoms with van der Waals surface area (Å²) in [5, 5.41) is 5.62. The van der Waals surface area contributed by atoms with Crippen LogP contribution in [0.3, 0.4) is 0 Å². The van der Waals surface area contributed by atoms with Gasteiger partial charge in [-0.1, -0.05) is 35.0 Å². The molecule has 5 heteroatoms. The summed E-state index contributed by atoms with van der Waals surface area (Å²) in [7, 11) is 0. The molecule has 3 rings (SSSR count). The number of rotatable bonds is 5. The molecular formula is C16H18BrN3S. The molecule has 0 aliphatic carbocycles. The zero-order chi connectivity index (χ0) is 14.8. The molecule has 0 spiro atoms. The summed E-state index contributed by atoms with van der Waals surface area (Å²) in [5.74, 6) is 0. The first-order valence-corrected chi connectivity index (χ1v) is 8.75. The fourth-order valence-corrected chi connectivity index (χ4v) is 3.58. The molecule has 2 aromatic heterocycles. The number of hydrogen-bond donors (Lipinski definition) is 1. The van der Waals surface area contributed by atoms with Gasteiger partial charge in [0.1, 0.15) is 0 Å². The van der Waals surface area contributed by atoms with Gasteiger partial charge in [0.05, 0.1) is 5.69 Å². The van der Waals surface area contributed by atoms with E-state index in [-0.39, 0.29) is 6.04 Å². The normalized spacial score (nSPS) is 12.9. The van der Waals surface area contributed by atoms with Gasteiger partial charge < -0.3 is 5.32 Å². The summed E-state index contributed by atoms with van der Waals surface area (Å²) in [6.45, 7) is 5.19. The maximum Gasteiger partial charge on any atom is 0.193 e. The Bertz CT molecular complexity index is 718. The predicted octanol–water partition coefficient (Wildman–Crippen LogP) is 4.36. The third-order valence-electron chi connectivity index (χ3n) is 3.61. The van der Waals surface area contributed by atoms with Crippen LogP contribution in [0.1, 0.15) is 29.8 Å². The van der Waals surface area contributed by atoms with Gasteiger partial charge >= 0.3 is 0 Å². The highest BCUT2D eigenvalue weighted by Gasteiger charge is 2.14. The summed E-state index contributed by atoms with van der Waals surface area (Å²) in [6, 6.07) is 6.86. The van der Waals surface area contributed by atoms with Crippen molar-refractivity contribution in [2.45, 2.75) is 26.3 Å². The van der Waals surface area contributed by atoms with Gasteiger partial charge in [-0.15, -0.1) is 11.3 Å². The number of nitrogens with zero attached hydrogens (tertiary/aromatic N) is 2. The summed E-state index contributed by atoms with van der Waals surface area (Å²) >= 11 is 5.30. The lowest BCUT2D eigenvalue weighted by atomic mass is 10.0. The monoisotopic (exact) mass is 363 g/mol. The van der Waals surface area contributed by atoms with Crippen molar-refractivity contribution in [3.63, 3.8) is 0 Å². The van der Waals surface area contributed by atoms with E-state index in [1.54, 1.807) is 11.3 Å². The number of likely N-dealkylation sites (N-methyl/N-ethyl adjacent to an activating group) is 1. The summed E-state index contributed by atoms with van der Waals surface area (Å²) in [6.07, 6.45) is 5.08. The van der Waals surface area contributed by atoms with Crippen LogP contribution < -0.4 is 5.32 Å². The molecule has 1 aromatic carbocycles. The van der Waals surface area contributed by atoms with Crippen molar-refractivity contribution in [3.8, 4) is 0 Å². The van der Waals surface area contributed by atoms with E-state index in [1.807, 2.05) is 0 Å². The standard InChI is InChI=1S/C16H18BrN3S/c1-3-18-15(12-5-4-11(2)14(17)8-12)9-13-10-20-6-7-21-16(20)19-13/h4-8,10,15,18H,3,9H2,1-2H3. The number of nitrogens with one attached hydrogen (secondary N) is 1. The number of hydrogen-bond acceptors (Lipinski definition) is 3. The van der Waals surface area contributed by atoms with Crippen LogP contribution >= 0.6 is 27.3 Å². The number of halogens is 1. The minimum Gasteiger partial charge on any atom is -0.310 e. The molecule has 0 saturated carbocycles. The van der Waals surface area contributed by atoms with Crippen LogP contribution in [-0.2, 0) is 6.42 Å². The van der Waals surface area contributed by atoms with Crippen molar-refractivity contribution in [2.75, 3.05) is 6.54 Å².